The lowest BCUT2D eigenvalue weighted by Crippen LogP contribution is -1.86. The molecule has 1 aromatic heterocycles. The number of hydrogen-bond donors (Lipinski definition) is 1. The molecule has 88 valence electrons. The van der Waals surface area contributed by atoms with Crippen LogP contribution in [0.4, 0.5) is 0 Å². The molecule has 0 bridgehead atoms. The largest absolute Gasteiger partial charge is 0.508 e. The minimum Gasteiger partial charge on any atom is -0.508 e. The molecule has 3 nitrogen and oxygen atoms in total. The summed E-state index contributed by atoms with van der Waals surface area (Å²) in [5, 5.41) is 11.4. The van der Waals surface area contributed by atoms with Crippen molar-refractivity contribution in [2.45, 2.75) is 9.92 Å². The van der Waals surface area contributed by atoms with Gasteiger partial charge in [-0.1, -0.05) is 36.0 Å². The van der Waals surface area contributed by atoms with Crippen molar-refractivity contribution < 1.29 is 5.11 Å². The molecule has 0 spiro atoms. The molecule has 0 fully saturated rings. The third-order valence-corrected chi connectivity index (χ3v) is 3.55. The van der Waals surface area contributed by atoms with Crippen molar-refractivity contribution in [3.63, 3.8) is 0 Å². The Kier molecular flexibility index (Phi) is 2.86. The van der Waals surface area contributed by atoms with Gasteiger partial charge >= 0.3 is 0 Å². The molecule has 3 rings (SSSR count). The number of phenolic OH excluding ortho intramolecular Hbond substituents is 1. The summed E-state index contributed by atoms with van der Waals surface area (Å²) < 4.78 is 0. The Morgan fingerprint density at radius 2 is 1.83 bits per heavy atom. The standard InChI is InChI=1S/C14H10N2OS/c17-10-4-3-5-11(8-10)18-14-12-6-1-2-7-13(12)15-9-16-14/h1-9,17H. The molecule has 0 aliphatic heterocycles. The summed E-state index contributed by atoms with van der Waals surface area (Å²) >= 11 is 1.52. The van der Waals surface area contributed by atoms with Crippen molar-refractivity contribution in [2.75, 3.05) is 0 Å². The Hall–Kier alpha value is -2.07. The molecule has 2 aromatic carbocycles. The van der Waals surface area contributed by atoms with Crippen LogP contribution in [0.5, 0.6) is 5.75 Å². The monoisotopic (exact) mass is 254 g/mol. The second-order valence-electron chi connectivity index (χ2n) is 3.80. The van der Waals surface area contributed by atoms with E-state index >= 15 is 0 Å². The van der Waals surface area contributed by atoms with E-state index in [-0.39, 0.29) is 5.75 Å². The zero-order valence-corrected chi connectivity index (χ0v) is 10.3. The zero-order chi connectivity index (χ0) is 12.4. The fourth-order valence-corrected chi connectivity index (χ4v) is 2.65. The Labute approximate surface area is 109 Å². The van der Waals surface area contributed by atoms with E-state index in [4.69, 9.17) is 0 Å². The summed E-state index contributed by atoms with van der Waals surface area (Å²) in [5.41, 5.74) is 0.926. The number of hydrogen-bond acceptors (Lipinski definition) is 4. The minimum atomic E-state index is 0.262. The number of fused-ring (bicyclic) bond motifs is 1. The summed E-state index contributed by atoms with van der Waals surface area (Å²) in [7, 11) is 0. The van der Waals surface area contributed by atoms with Crippen LogP contribution in [0.3, 0.4) is 0 Å². The van der Waals surface area contributed by atoms with Gasteiger partial charge in [0.25, 0.3) is 0 Å². The topological polar surface area (TPSA) is 46.0 Å². The number of para-hydroxylation sites is 1. The van der Waals surface area contributed by atoms with E-state index in [0.717, 1.165) is 20.8 Å². The molecule has 18 heavy (non-hydrogen) atoms. The number of phenols is 1. The fourth-order valence-electron chi connectivity index (χ4n) is 1.72. The van der Waals surface area contributed by atoms with Crippen LogP contribution in [0.1, 0.15) is 0 Å². The van der Waals surface area contributed by atoms with Gasteiger partial charge in [-0.05, 0) is 24.3 Å². The maximum atomic E-state index is 9.46. The molecule has 3 aromatic rings. The highest BCUT2D eigenvalue weighted by Crippen LogP contribution is 2.32. The average Bonchev–Trinajstić information content (AvgIpc) is 2.39. The molecule has 0 unspecified atom stereocenters. The molecule has 0 saturated carbocycles. The van der Waals surface area contributed by atoms with Gasteiger partial charge in [0.15, 0.2) is 0 Å². The summed E-state index contributed by atoms with van der Waals surface area (Å²) in [6, 6.07) is 15.0. The van der Waals surface area contributed by atoms with Gasteiger partial charge in [0.2, 0.25) is 0 Å². The third-order valence-electron chi connectivity index (χ3n) is 2.54. The van der Waals surface area contributed by atoms with Crippen LogP contribution in [0.15, 0.2) is 64.8 Å². The van der Waals surface area contributed by atoms with Crippen LogP contribution in [-0.4, -0.2) is 15.1 Å². The lowest BCUT2D eigenvalue weighted by Gasteiger charge is -2.04. The van der Waals surface area contributed by atoms with E-state index in [1.807, 2.05) is 36.4 Å². The quantitative estimate of drug-likeness (QED) is 0.711. The first-order valence-corrected chi connectivity index (χ1v) is 6.31. The van der Waals surface area contributed by atoms with Crippen molar-refractivity contribution in [1.82, 2.24) is 9.97 Å². The molecule has 1 heterocycles. The summed E-state index contributed by atoms with van der Waals surface area (Å²) in [6.45, 7) is 0. The highest BCUT2D eigenvalue weighted by molar-refractivity contribution is 7.99. The van der Waals surface area contributed by atoms with Crippen molar-refractivity contribution in [3.05, 3.63) is 54.9 Å². The van der Waals surface area contributed by atoms with E-state index in [9.17, 15) is 5.11 Å². The van der Waals surface area contributed by atoms with Gasteiger partial charge in [-0.15, -0.1) is 0 Å². The molecule has 0 amide bonds. The van der Waals surface area contributed by atoms with Crippen LogP contribution in [0.2, 0.25) is 0 Å². The van der Waals surface area contributed by atoms with Gasteiger partial charge < -0.3 is 5.11 Å². The molecule has 4 heteroatoms. The number of benzene rings is 2. The SMILES string of the molecule is Oc1cccc(Sc2ncnc3ccccc23)c1. The Morgan fingerprint density at radius 1 is 0.944 bits per heavy atom. The lowest BCUT2D eigenvalue weighted by molar-refractivity contribution is 0.474. The molecule has 0 radical (unpaired) electrons. The van der Waals surface area contributed by atoms with E-state index in [0.29, 0.717) is 0 Å². The van der Waals surface area contributed by atoms with Crippen molar-refractivity contribution in [1.29, 1.82) is 0 Å². The first-order chi connectivity index (χ1) is 8.83. The average molecular weight is 254 g/mol. The van der Waals surface area contributed by atoms with Gasteiger partial charge in [0.05, 0.1) is 5.52 Å². The van der Waals surface area contributed by atoms with E-state index < -0.39 is 0 Å². The number of aromatic nitrogens is 2. The molecular formula is C14H10N2OS. The van der Waals surface area contributed by atoms with Crippen LogP contribution in [0.25, 0.3) is 10.9 Å². The molecule has 1 N–H and O–H groups in total. The van der Waals surface area contributed by atoms with Gasteiger partial charge in [-0.3, -0.25) is 0 Å². The van der Waals surface area contributed by atoms with Crippen LogP contribution >= 0.6 is 11.8 Å². The fraction of sp³-hybridized carbons (Fsp3) is 0. The minimum absolute atomic E-state index is 0.262. The number of nitrogens with zero attached hydrogens (tertiary/aromatic N) is 2. The predicted octanol–water partition coefficient (Wildman–Crippen LogP) is 3.49. The molecule has 0 atom stereocenters. The summed E-state index contributed by atoms with van der Waals surface area (Å²) in [5.74, 6) is 0.262. The Balaban J connectivity index is 2.05. The maximum absolute atomic E-state index is 9.46. The van der Waals surface area contributed by atoms with Crippen LogP contribution < -0.4 is 0 Å². The normalized spacial score (nSPS) is 10.7. The van der Waals surface area contributed by atoms with Gasteiger partial charge in [-0.25, -0.2) is 9.97 Å². The maximum Gasteiger partial charge on any atom is 0.117 e. The number of aromatic hydroxyl groups is 1. The Morgan fingerprint density at radius 3 is 2.72 bits per heavy atom. The third kappa shape index (κ3) is 2.15. The zero-order valence-electron chi connectivity index (χ0n) is 9.45. The highest BCUT2D eigenvalue weighted by Gasteiger charge is 2.05. The van der Waals surface area contributed by atoms with Gasteiger partial charge in [0.1, 0.15) is 17.1 Å². The van der Waals surface area contributed by atoms with Gasteiger partial charge in [-0.2, -0.15) is 0 Å². The highest BCUT2D eigenvalue weighted by atomic mass is 32.2. The van der Waals surface area contributed by atoms with E-state index in [2.05, 4.69) is 9.97 Å². The second-order valence-corrected chi connectivity index (χ2v) is 4.86. The van der Waals surface area contributed by atoms with E-state index in [1.54, 1.807) is 18.5 Å². The van der Waals surface area contributed by atoms with Gasteiger partial charge in [0, 0.05) is 10.3 Å². The Bertz CT molecular complexity index is 695. The summed E-state index contributed by atoms with van der Waals surface area (Å²) in [6.07, 6.45) is 1.56. The predicted molar refractivity (Wildman–Crippen MR) is 71.8 cm³/mol. The summed E-state index contributed by atoms with van der Waals surface area (Å²) in [4.78, 5) is 9.49. The van der Waals surface area contributed by atoms with Crippen molar-refractivity contribution >= 4 is 22.7 Å². The smallest absolute Gasteiger partial charge is 0.117 e. The second kappa shape index (κ2) is 4.66. The lowest BCUT2D eigenvalue weighted by atomic mass is 10.2. The van der Waals surface area contributed by atoms with E-state index in [1.165, 1.54) is 11.8 Å². The van der Waals surface area contributed by atoms with Crippen LogP contribution in [-0.2, 0) is 0 Å². The van der Waals surface area contributed by atoms with Crippen molar-refractivity contribution in [3.8, 4) is 5.75 Å². The molecule has 0 aliphatic rings. The first kappa shape index (κ1) is 11.0. The number of rotatable bonds is 2. The first-order valence-electron chi connectivity index (χ1n) is 5.49. The molecule has 0 saturated heterocycles. The van der Waals surface area contributed by atoms with Crippen molar-refractivity contribution in [2.24, 2.45) is 0 Å². The molecular weight excluding hydrogens is 244 g/mol. The van der Waals surface area contributed by atoms with Crippen LogP contribution in [0, 0.1) is 0 Å². The molecule has 0 aliphatic carbocycles.